The Labute approximate surface area is 175 Å². The lowest BCUT2D eigenvalue weighted by Gasteiger charge is -2.42. The van der Waals surface area contributed by atoms with Crippen LogP contribution in [0.5, 0.6) is 0 Å². The van der Waals surface area contributed by atoms with E-state index in [0.717, 1.165) is 32.8 Å². The first kappa shape index (κ1) is 23.4. The largest absolute Gasteiger partial charge is 0.479 e. The number of carbonyl (C=O) groups is 4. The van der Waals surface area contributed by atoms with Gasteiger partial charge in [0.2, 0.25) is 6.29 Å². The van der Waals surface area contributed by atoms with Crippen LogP contribution < -0.4 is 5.73 Å². The highest BCUT2D eigenvalue weighted by molar-refractivity contribution is 7.94. The first-order chi connectivity index (χ1) is 14.1. The number of benzene rings is 1. The Morgan fingerprint density at radius 3 is 1.90 bits per heavy atom. The fraction of sp³-hybridized carbons (Fsp3) is 0.444. The SMILES string of the molecule is CC(=O)O[C@@H]1[C@@H](OC(C)=O)[C@H](OSc2ccc(N)cc2)O[C@H](C(=O)O)[C@H]1OC(C)=O. The molecule has 1 aromatic rings. The summed E-state index contributed by atoms with van der Waals surface area (Å²) in [5.74, 6) is -3.93. The number of esters is 3. The second-order valence-corrected chi connectivity index (χ2v) is 7.06. The molecule has 0 amide bonds. The van der Waals surface area contributed by atoms with Crippen LogP contribution in [0.15, 0.2) is 29.2 Å². The molecule has 0 unspecified atom stereocenters. The number of anilines is 1. The van der Waals surface area contributed by atoms with E-state index in [1.807, 2.05) is 0 Å². The molecule has 0 aromatic heterocycles. The number of nitrogens with two attached hydrogens (primary N) is 1. The molecule has 1 saturated heterocycles. The minimum absolute atomic E-state index is 0.524. The number of hydrogen-bond acceptors (Lipinski definition) is 11. The number of carboxylic acids is 1. The van der Waals surface area contributed by atoms with E-state index >= 15 is 0 Å². The average molecular weight is 443 g/mol. The quantitative estimate of drug-likeness (QED) is 0.265. The molecular weight excluding hydrogens is 422 g/mol. The molecular formula is C18H21NO10S. The van der Waals surface area contributed by atoms with Gasteiger partial charge in [-0.1, -0.05) is 0 Å². The van der Waals surface area contributed by atoms with Crippen LogP contribution >= 0.6 is 12.0 Å². The van der Waals surface area contributed by atoms with Crippen molar-refractivity contribution < 1.29 is 47.4 Å². The molecule has 1 aromatic carbocycles. The molecule has 0 spiro atoms. The summed E-state index contributed by atoms with van der Waals surface area (Å²) in [6.45, 7) is 3.21. The Morgan fingerprint density at radius 1 is 0.900 bits per heavy atom. The molecule has 0 aliphatic carbocycles. The molecule has 0 saturated carbocycles. The topological polar surface area (TPSA) is 161 Å². The zero-order valence-electron chi connectivity index (χ0n) is 16.3. The summed E-state index contributed by atoms with van der Waals surface area (Å²) in [7, 11) is 0. The van der Waals surface area contributed by atoms with E-state index in [1.54, 1.807) is 24.3 Å². The van der Waals surface area contributed by atoms with Gasteiger partial charge in [-0.15, -0.1) is 0 Å². The van der Waals surface area contributed by atoms with Gasteiger partial charge in [0.05, 0.1) is 0 Å². The van der Waals surface area contributed by atoms with Crippen molar-refractivity contribution >= 4 is 41.6 Å². The molecule has 1 aliphatic rings. The molecule has 5 atom stereocenters. The minimum atomic E-state index is -1.75. The van der Waals surface area contributed by atoms with Gasteiger partial charge in [0.1, 0.15) is 0 Å². The summed E-state index contributed by atoms with van der Waals surface area (Å²) in [5.41, 5.74) is 6.15. The molecule has 30 heavy (non-hydrogen) atoms. The third-order valence-electron chi connectivity index (χ3n) is 3.76. The number of carboxylic acid groups (broad SMARTS) is 1. The van der Waals surface area contributed by atoms with E-state index in [0.29, 0.717) is 10.6 Å². The van der Waals surface area contributed by atoms with Crippen molar-refractivity contribution in [2.75, 3.05) is 5.73 Å². The van der Waals surface area contributed by atoms with Crippen LogP contribution in [0.1, 0.15) is 20.8 Å². The van der Waals surface area contributed by atoms with Gasteiger partial charge in [0.25, 0.3) is 0 Å². The van der Waals surface area contributed by atoms with E-state index in [4.69, 9.17) is 28.9 Å². The number of ether oxygens (including phenoxy) is 4. The van der Waals surface area contributed by atoms with E-state index in [-0.39, 0.29) is 0 Å². The summed E-state index contributed by atoms with van der Waals surface area (Å²) in [5, 5.41) is 9.53. The summed E-state index contributed by atoms with van der Waals surface area (Å²) in [6.07, 6.45) is -7.68. The fourth-order valence-electron chi connectivity index (χ4n) is 2.68. The van der Waals surface area contributed by atoms with E-state index < -0.39 is 54.6 Å². The molecule has 1 fully saturated rings. The number of hydrogen-bond donors (Lipinski definition) is 2. The van der Waals surface area contributed by atoms with Crippen molar-refractivity contribution in [3.05, 3.63) is 24.3 Å². The predicted octanol–water partition coefficient (Wildman–Crippen LogP) is 0.897. The molecule has 3 N–H and O–H groups in total. The van der Waals surface area contributed by atoms with Gasteiger partial charge in [0.15, 0.2) is 24.4 Å². The van der Waals surface area contributed by atoms with E-state index in [1.165, 1.54) is 0 Å². The van der Waals surface area contributed by atoms with Gasteiger partial charge >= 0.3 is 23.9 Å². The highest BCUT2D eigenvalue weighted by Gasteiger charge is 2.55. The van der Waals surface area contributed by atoms with E-state index in [9.17, 15) is 24.3 Å². The van der Waals surface area contributed by atoms with Crippen molar-refractivity contribution in [3.8, 4) is 0 Å². The van der Waals surface area contributed by atoms with Crippen molar-refractivity contribution in [2.45, 2.75) is 56.4 Å². The fourth-order valence-corrected chi connectivity index (χ4v) is 3.28. The molecule has 0 bridgehead atoms. The lowest BCUT2D eigenvalue weighted by molar-refractivity contribution is -0.279. The second-order valence-electron chi connectivity index (χ2n) is 6.23. The molecule has 0 radical (unpaired) electrons. The Bertz CT molecular complexity index is 799. The molecule has 1 aliphatic heterocycles. The highest BCUT2D eigenvalue weighted by Crippen LogP contribution is 2.33. The molecule has 1 heterocycles. The number of aliphatic carboxylic acids is 1. The summed E-state index contributed by atoms with van der Waals surface area (Å²) < 4.78 is 26.3. The maximum absolute atomic E-state index is 11.7. The summed E-state index contributed by atoms with van der Waals surface area (Å²) in [4.78, 5) is 47.1. The highest BCUT2D eigenvalue weighted by atomic mass is 32.2. The third-order valence-corrected chi connectivity index (χ3v) is 4.51. The third kappa shape index (κ3) is 6.34. The first-order valence-corrected chi connectivity index (χ1v) is 9.41. The molecule has 164 valence electrons. The van der Waals surface area contributed by atoms with Gasteiger partial charge in [-0.05, 0) is 24.3 Å². The standard InChI is InChI=1S/C18H21NO10S/c1-8(20)25-13-14(26-9(2)21)16(27-10(3)22)18(28-15(13)17(23)24)29-30-12-6-4-11(19)5-7-12/h4-7,13-16,18H,19H2,1-3H3,(H,23,24)/t13-,14-,15-,16+,18-/m0/s1. The maximum Gasteiger partial charge on any atom is 0.337 e. The Hall–Kier alpha value is -2.83. The minimum Gasteiger partial charge on any atom is -0.479 e. The Balaban J connectivity index is 2.35. The lowest BCUT2D eigenvalue weighted by Crippen LogP contribution is -2.63. The Kier molecular flexibility index (Phi) is 8.03. The lowest BCUT2D eigenvalue weighted by atomic mass is 9.98. The van der Waals surface area contributed by atoms with Crippen LogP contribution in [0.2, 0.25) is 0 Å². The Morgan fingerprint density at radius 2 is 1.40 bits per heavy atom. The van der Waals surface area contributed by atoms with Gasteiger partial charge in [-0.3, -0.25) is 18.6 Å². The van der Waals surface area contributed by atoms with Crippen LogP contribution in [-0.4, -0.2) is 59.7 Å². The molecule has 11 nitrogen and oxygen atoms in total. The van der Waals surface area contributed by atoms with Crippen LogP contribution in [0.4, 0.5) is 5.69 Å². The van der Waals surface area contributed by atoms with Crippen LogP contribution in [0, 0.1) is 0 Å². The van der Waals surface area contributed by atoms with Gasteiger partial charge < -0.3 is 29.8 Å². The van der Waals surface area contributed by atoms with Crippen molar-refractivity contribution in [1.29, 1.82) is 0 Å². The zero-order valence-corrected chi connectivity index (χ0v) is 17.1. The summed E-state index contributed by atoms with van der Waals surface area (Å²) in [6, 6.07) is 6.53. The van der Waals surface area contributed by atoms with Crippen molar-refractivity contribution in [1.82, 2.24) is 0 Å². The molecule has 12 heteroatoms. The van der Waals surface area contributed by atoms with Crippen LogP contribution in [-0.2, 0) is 42.3 Å². The van der Waals surface area contributed by atoms with Gasteiger partial charge in [-0.25, -0.2) is 4.79 Å². The maximum atomic E-state index is 11.7. The zero-order chi connectivity index (χ0) is 22.4. The monoisotopic (exact) mass is 443 g/mol. The van der Waals surface area contributed by atoms with Gasteiger partial charge in [0, 0.05) is 43.4 Å². The normalized spacial score (nSPS) is 25.8. The molecule has 2 rings (SSSR count). The van der Waals surface area contributed by atoms with Crippen molar-refractivity contribution in [2.24, 2.45) is 0 Å². The first-order valence-electron chi connectivity index (χ1n) is 8.67. The average Bonchev–Trinajstić information content (AvgIpc) is 2.63. The predicted molar refractivity (Wildman–Crippen MR) is 101 cm³/mol. The van der Waals surface area contributed by atoms with E-state index in [2.05, 4.69) is 0 Å². The number of rotatable bonds is 7. The number of nitrogen functional groups attached to an aromatic ring is 1. The van der Waals surface area contributed by atoms with Crippen LogP contribution in [0.3, 0.4) is 0 Å². The van der Waals surface area contributed by atoms with Crippen molar-refractivity contribution in [3.63, 3.8) is 0 Å². The van der Waals surface area contributed by atoms with Gasteiger partial charge in [-0.2, -0.15) is 0 Å². The second kappa shape index (κ2) is 10.3. The number of carbonyl (C=O) groups excluding carboxylic acids is 3. The van der Waals surface area contributed by atoms with Crippen LogP contribution in [0.25, 0.3) is 0 Å². The summed E-state index contributed by atoms with van der Waals surface area (Å²) >= 11 is 0.803. The smallest absolute Gasteiger partial charge is 0.337 e.